The van der Waals surface area contributed by atoms with Gasteiger partial charge in [-0.3, -0.25) is 4.90 Å². The number of nitrogens with one attached hydrogen (secondary N) is 1. The Morgan fingerprint density at radius 1 is 1.53 bits per heavy atom. The number of alkyl halides is 2. The number of nitrogens with zero attached hydrogens (tertiary/aromatic N) is 1. The molecule has 2 atom stereocenters. The van der Waals surface area contributed by atoms with Gasteiger partial charge in [0.2, 0.25) is 0 Å². The highest BCUT2D eigenvalue weighted by atomic mass is 19.3. The summed E-state index contributed by atoms with van der Waals surface area (Å²) in [6, 6.07) is 0.230. The van der Waals surface area contributed by atoms with Crippen molar-refractivity contribution in [1.82, 2.24) is 10.2 Å². The number of rotatable bonds is 7. The van der Waals surface area contributed by atoms with Crippen LogP contribution in [0.4, 0.5) is 8.78 Å². The Balaban J connectivity index is 2.36. The topological polar surface area (TPSA) is 44.7 Å². The number of aliphatic hydroxyl groups excluding tert-OH is 1. The fraction of sp³-hybridized carbons (Fsp3) is 1.00. The maximum Gasteiger partial charge on any atom is 0.251 e. The number of aliphatic hydroxyl groups is 1. The van der Waals surface area contributed by atoms with Crippen molar-refractivity contribution < 1.29 is 18.6 Å². The second-order valence-electron chi connectivity index (χ2n) is 4.42. The summed E-state index contributed by atoms with van der Waals surface area (Å²) in [5.41, 5.74) is 0. The highest BCUT2D eigenvalue weighted by molar-refractivity contribution is 4.78. The summed E-state index contributed by atoms with van der Waals surface area (Å²) in [7, 11) is 0. The molecule has 0 aromatic heterocycles. The lowest BCUT2D eigenvalue weighted by Crippen LogP contribution is -2.47. The smallest absolute Gasteiger partial charge is 0.251 e. The van der Waals surface area contributed by atoms with Crippen LogP contribution in [0.2, 0.25) is 0 Å². The standard InChI is InChI=1S/C11H22F2N2O2/c1-9(6-10-8-17-5-2-14-10)15(3-4-16)7-11(12)13/h9-11,14,16H,2-8H2,1H3. The van der Waals surface area contributed by atoms with Crippen molar-refractivity contribution in [1.29, 1.82) is 0 Å². The van der Waals surface area contributed by atoms with Crippen molar-refractivity contribution in [2.75, 3.05) is 39.5 Å². The molecule has 1 aliphatic rings. The van der Waals surface area contributed by atoms with Gasteiger partial charge in [0.15, 0.2) is 0 Å². The van der Waals surface area contributed by atoms with Crippen LogP contribution in [0.1, 0.15) is 13.3 Å². The van der Waals surface area contributed by atoms with Gasteiger partial charge in [0.05, 0.1) is 26.4 Å². The van der Waals surface area contributed by atoms with Crippen LogP contribution in [-0.2, 0) is 4.74 Å². The second kappa shape index (κ2) is 7.92. The molecule has 0 radical (unpaired) electrons. The minimum Gasteiger partial charge on any atom is -0.395 e. The first-order chi connectivity index (χ1) is 8.13. The van der Waals surface area contributed by atoms with E-state index < -0.39 is 6.43 Å². The Kier molecular flexibility index (Phi) is 6.87. The number of morpholine rings is 1. The van der Waals surface area contributed by atoms with Crippen molar-refractivity contribution in [3.63, 3.8) is 0 Å². The van der Waals surface area contributed by atoms with Crippen LogP contribution in [0.5, 0.6) is 0 Å². The lowest BCUT2D eigenvalue weighted by molar-refractivity contribution is 0.0362. The molecule has 2 N–H and O–H groups in total. The van der Waals surface area contributed by atoms with Gasteiger partial charge in [0.1, 0.15) is 0 Å². The molecule has 0 saturated carbocycles. The maximum atomic E-state index is 12.4. The minimum absolute atomic E-state index is 0.00958. The Labute approximate surface area is 101 Å². The molecular weight excluding hydrogens is 230 g/mol. The molecule has 0 amide bonds. The van der Waals surface area contributed by atoms with E-state index in [0.717, 1.165) is 13.0 Å². The van der Waals surface area contributed by atoms with Gasteiger partial charge >= 0.3 is 0 Å². The Hall–Kier alpha value is -0.300. The number of hydrogen-bond donors (Lipinski definition) is 2. The molecule has 1 aliphatic heterocycles. The zero-order valence-corrected chi connectivity index (χ0v) is 10.2. The van der Waals surface area contributed by atoms with Crippen molar-refractivity contribution >= 4 is 0 Å². The summed E-state index contributed by atoms with van der Waals surface area (Å²) in [5, 5.41) is 12.2. The van der Waals surface area contributed by atoms with Crippen molar-refractivity contribution in [3.8, 4) is 0 Å². The Bertz CT molecular complexity index is 202. The summed E-state index contributed by atoms with van der Waals surface area (Å²) in [5.74, 6) is 0. The van der Waals surface area contributed by atoms with E-state index in [9.17, 15) is 8.78 Å². The first-order valence-electron chi connectivity index (χ1n) is 6.07. The summed E-state index contributed by atoms with van der Waals surface area (Å²) in [6.07, 6.45) is -1.60. The lowest BCUT2D eigenvalue weighted by atomic mass is 10.1. The van der Waals surface area contributed by atoms with Crippen LogP contribution in [0, 0.1) is 0 Å². The van der Waals surface area contributed by atoms with E-state index in [1.807, 2.05) is 6.92 Å². The number of ether oxygens (including phenoxy) is 1. The molecule has 0 spiro atoms. The molecule has 1 saturated heterocycles. The summed E-state index contributed by atoms with van der Waals surface area (Å²) in [6.45, 7) is 3.98. The van der Waals surface area contributed by atoms with Crippen molar-refractivity contribution in [2.24, 2.45) is 0 Å². The van der Waals surface area contributed by atoms with Gasteiger partial charge in [-0.05, 0) is 13.3 Å². The largest absolute Gasteiger partial charge is 0.395 e. The molecule has 0 aromatic rings. The molecule has 4 nitrogen and oxygen atoms in total. The number of hydrogen-bond acceptors (Lipinski definition) is 4. The number of halogens is 2. The molecule has 17 heavy (non-hydrogen) atoms. The summed E-state index contributed by atoms with van der Waals surface area (Å²) < 4.78 is 30.1. The summed E-state index contributed by atoms with van der Waals surface area (Å²) >= 11 is 0. The fourth-order valence-electron chi connectivity index (χ4n) is 2.13. The van der Waals surface area contributed by atoms with Gasteiger partial charge in [-0.1, -0.05) is 0 Å². The first kappa shape index (κ1) is 14.8. The molecule has 0 bridgehead atoms. The van der Waals surface area contributed by atoms with Crippen LogP contribution in [0.15, 0.2) is 0 Å². The van der Waals surface area contributed by atoms with Crippen LogP contribution in [0.25, 0.3) is 0 Å². The van der Waals surface area contributed by atoms with Crippen LogP contribution < -0.4 is 5.32 Å². The van der Waals surface area contributed by atoms with Crippen molar-refractivity contribution in [3.05, 3.63) is 0 Å². The third-order valence-electron chi connectivity index (χ3n) is 3.01. The summed E-state index contributed by atoms with van der Waals surface area (Å²) in [4.78, 5) is 1.63. The zero-order valence-electron chi connectivity index (χ0n) is 10.2. The van der Waals surface area contributed by atoms with Gasteiger partial charge in [-0.25, -0.2) is 8.78 Å². The van der Waals surface area contributed by atoms with E-state index >= 15 is 0 Å². The maximum absolute atomic E-state index is 12.4. The predicted octanol–water partition coefficient (Wildman–Crippen LogP) is 0.313. The monoisotopic (exact) mass is 252 g/mol. The van der Waals surface area contributed by atoms with Crippen LogP contribution in [0.3, 0.4) is 0 Å². The third-order valence-corrected chi connectivity index (χ3v) is 3.01. The molecule has 2 unspecified atom stereocenters. The SMILES string of the molecule is CC(CC1COCCN1)N(CCO)CC(F)F. The molecular formula is C11H22F2N2O2. The van der Waals surface area contributed by atoms with Crippen LogP contribution in [-0.4, -0.2) is 68.0 Å². The Morgan fingerprint density at radius 3 is 2.82 bits per heavy atom. The highest BCUT2D eigenvalue weighted by Gasteiger charge is 2.22. The van der Waals surface area contributed by atoms with E-state index in [2.05, 4.69) is 5.32 Å². The quantitative estimate of drug-likeness (QED) is 0.684. The normalized spacial score (nSPS) is 23.3. The van der Waals surface area contributed by atoms with Gasteiger partial charge in [0.25, 0.3) is 6.43 Å². The molecule has 1 heterocycles. The fourth-order valence-corrected chi connectivity index (χ4v) is 2.13. The average Bonchev–Trinajstić information content (AvgIpc) is 2.29. The predicted molar refractivity (Wildman–Crippen MR) is 61.4 cm³/mol. The highest BCUT2D eigenvalue weighted by Crippen LogP contribution is 2.11. The zero-order chi connectivity index (χ0) is 12.7. The molecule has 0 aromatic carbocycles. The van der Waals surface area contributed by atoms with E-state index in [1.165, 1.54) is 0 Å². The lowest BCUT2D eigenvalue weighted by Gasteiger charge is -2.32. The average molecular weight is 252 g/mol. The first-order valence-corrected chi connectivity index (χ1v) is 6.07. The molecule has 102 valence electrons. The van der Waals surface area contributed by atoms with E-state index in [4.69, 9.17) is 9.84 Å². The molecule has 6 heteroatoms. The van der Waals surface area contributed by atoms with Gasteiger partial charge in [-0.15, -0.1) is 0 Å². The minimum atomic E-state index is -2.36. The van der Waals surface area contributed by atoms with E-state index in [-0.39, 0.29) is 25.2 Å². The van der Waals surface area contributed by atoms with Gasteiger partial charge < -0.3 is 15.2 Å². The van der Waals surface area contributed by atoms with Crippen LogP contribution >= 0.6 is 0 Å². The van der Waals surface area contributed by atoms with Crippen molar-refractivity contribution in [2.45, 2.75) is 31.9 Å². The molecule has 1 rings (SSSR count). The van der Waals surface area contributed by atoms with Gasteiger partial charge in [0, 0.05) is 25.2 Å². The Morgan fingerprint density at radius 2 is 2.29 bits per heavy atom. The van der Waals surface area contributed by atoms with Gasteiger partial charge in [-0.2, -0.15) is 0 Å². The van der Waals surface area contributed by atoms with E-state index in [0.29, 0.717) is 19.8 Å². The molecule has 1 fully saturated rings. The molecule has 0 aliphatic carbocycles. The third kappa shape index (κ3) is 5.72. The van der Waals surface area contributed by atoms with E-state index in [1.54, 1.807) is 4.90 Å². The second-order valence-corrected chi connectivity index (χ2v) is 4.42.